The zero-order chi connectivity index (χ0) is 27.2. The normalized spacial score (nSPS) is 11.4. The van der Waals surface area contributed by atoms with E-state index < -0.39 is 0 Å². The Bertz CT molecular complexity index is 2080. The summed E-state index contributed by atoms with van der Waals surface area (Å²) in [5.41, 5.74) is 11.4. The summed E-state index contributed by atoms with van der Waals surface area (Å²) in [7, 11) is 0. The number of aromatic nitrogens is 2. The van der Waals surface area contributed by atoms with Crippen molar-refractivity contribution >= 4 is 22.0 Å². The molecule has 0 saturated heterocycles. The van der Waals surface area contributed by atoms with Crippen LogP contribution in [-0.4, -0.2) is 9.55 Å². The van der Waals surface area contributed by atoms with Crippen molar-refractivity contribution in [2.75, 3.05) is 0 Å². The maximum Gasteiger partial charge on any atom is 0.149 e. The standard InChI is InChI=1S/C37H24N2O2/c1-3-10-25(11-4-1)29-14-9-15-30(26-12-5-2-6-13-26)36(29)39-34-17-8-7-16-33(34)38-37(39)32-24-41-35-19-18-27(22-31(32)35)28-20-21-40-23-28/h1-24H. The molecule has 0 aliphatic rings. The zero-order valence-electron chi connectivity index (χ0n) is 22.1. The van der Waals surface area contributed by atoms with Gasteiger partial charge in [0, 0.05) is 22.1 Å². The summed E-state index contributed by atoms with van der Waals surface area (Å²) in [6, 6.07) is 44.1. The number of hydrogen-bond acceptors (Lipinski definition) is 3. The van der Waals surface area contributed by atoms with Gasteiger partial charge in [-0.05, 0) is 47.0 Å². The van der Waals surface area contributed by atoms with Gasteiger partial charge in [0.1, 0.15) is 17.7 Å². The van der Waals surface area contributed by atoms with Crippen LogP contribution in [0.25, 0.3) is 72.5 Å². The molecule has 0 aliphatic heterocycles. The number of para-hydroxylation sites is 3. The second-order valence-corrected chi connectivity index (χ2v) is 10.1. The summed E-state index contributed by atoms with van der Waals surface area (Å²) >= 11 is 0. The van der Waals surface area contributed by atoms with Crippen LogP contribution in [0.1, 0.15) is 0 Å². The van der Waals surface area contributed by atoms with E-state index in [2.05, 4.69) is 114 Å². The highest BCUT2D eigenvalue weighted by Crippen LogP contribution is 2.42. The summed E-state index contributed by atoms with van der Waals surface area (Å²) in [5, 5.41) is 0.999. The number of imidazole rings is 1. The van der Waals surface area contributed by atoms with Crippen molar-refractivity contribution in [2.24, 2.45) is 0 Å². The van der Waals surface area contributed by atoms with E-state index in [1.807, 2.05) is 24.5 Å². The summed E-state index contributed by atoms with van der Waals surface area (Å²) in [6.45, 7) is 0. The third-order valence-corrected chi connectivity index (χ3v) is 7.66. The van der Waals surface area contributed by atoms with E-state index >= 15 is 0 Å². The van der Waals surface area contributed by atoms with Crippen molar-refractivity contribution in [3.05, 3.63) is 146 Å². The third kappa shape index (κ3) is 3.88. The van der Waals surface area contributed by atoms with Gasteiger partial charge in [-0.25, -0.2) is 4.98 Å². The Kier molecular flexibility index (Phi) is 5.42. The molecule has 3 aromatic heterocycles. The second kappa shape index (κ2) is 9.54. The number of nitrogens with zero attached hydrogens (tertiary/aromatic N) is 2. The van der Waals surface area contributed by atoms with Gasteiger partial charge in [0.2, 0.25) is 0 Å². The molecule has 0 radical (unpaired) electrons. The smallest absolute Gasteiger partial charge is 0.149 e. The average Bonchev–Trinajstić information content (AvgIpc) is 3.80. The first-order valence-electron chi connectivity index (χ1n) is 13.6. The predicted octanol–water partition coefficient (Wildman–Crippen LogP) is 10.0. The van der Waals surface area contributed by atoms with Crippen molar-refractivity contribution in [1.82, 2.24) is 9.55 Å². The van der Waals surface area contributed by atoms with Crippen LogP contribution in [-0.2, 0) is 0 Å². The van der Waals surface area contributed by atoms with Gasteiger partial charge in [-0.1, -0.05) is 97.1 Å². The molecular formula is C37H24N2O2. The second-order valence-electron chi connectivity index (χ2n) is 10.1. The Hall–Kier alpha value is -5.61. The van der Waals surface area contributed by atoms with E-state index in [0.29, 0.717) is 0 Å². The predicted molar refractivity (Wildman–Crippen MR) is 165 cm³/mol. The summed E-state index contributed by atoms with van der Waals surface area (Å²) in [6.07, 6.45) is 5.29. The molecule has 4 heteroatoms. The lowest BCUT2D eigenvalue weighted by Gasteiger charge is -2.19. The molecule has 41 heavy (non-hydrogen) atoms. The average molecular weight is 529 g/mol. The first-order chi connectivity index (χ1) is 20.3. The molecule has 3 heterocycles. The van der Waals surface area contributed by atoms with Gasteiger partial charge in [-0.15, -0.1) is 0 Å². The van der Waals surface area contributed by atoms with Crippen molar-refractivity contribution < 1.29 is 8.83 Å². The van der Waals surface area contributed by atoms with Crippen LogP contribution < -0.4 is 0 Å². The molecule has 0 aliphatic carbocycles. The summed E-state index contributed by atoms with van der Waals surface area (Å²) in [4.78, 5) is 5.23. The topological polar surface area (TPSA) is 44.1 Å². The van der Waals surface area contributed by atoms with E-state index in [1.54, 1.807) is 12.5 Å². The highest BCUT2D eigenvalue weighted by atomic mass is 16.3. The van der Waals surface area contributed by atoms with Gasteiger partial charge in [-0.2, -0.15) is 0 Å². The van der Waals surface area contributed by atoms with Crippen molar-refractivity contribution in [3.63, 3.8) is 0 Å². The minimum atomic E-state index is 0.811. The SMILES string of the molecule is c1ccc(-c2cccc(-c3ccccc3)c2-n2c(-c3coc4ccc(-c5ccoc5)cc34)nc3ccccc32)cc1. The van der Waals surface area contributed by atoms with Crippen LogP contribution in [0.4, 0.5) is 0 Å². The van der Waals surface area contributed by atoms with Crippen LogP contribution in [0, 0.1) is 0 Å². The number of benzene rings is 5. The molecule has 0 unspecified atom stereocenters. The fourth-order valence-corrected chi connectivity index (χ4v) is 5.73. The van der Waals surface area contributed by atoms with Crippen molar-refractivity contribution in [3.8, 4) is 50.5 Å². The number of hydrogen-bond donors (Lipinski definition) is 0. The van der Waals surface area contributed by atoms with Crippen LogP contribution in [0.3, 0.4) is 0 Å². The lowest BCUT2D eigenvalue weighted by molar-refractivity contribution is 0.568. The monoisotopic (exact) mass is 528 g/mol. The van der Waals surface area contributed by atoms with Crippen LogP contribution in [0.5, 0.6) is 0 Å². The summed E-state index contributed by atoms with van der Waals surface area (Å²) in [5.74, 6) is 0.829. The number of rotatable bonds is 5. The van der Waals surface area contributed by atoms with Gasteiger partial charge in [0.25, 0.3) is 0 Å². The van der Waals surface area contributed by atoms with Crippen molar-refractivity contribution in [1.29, 1.82) is 0 Å². The minimum absolute atomic E-state index is 0.811. The molecule has 8 rings (SSSR count). The Morgan fingerprint density at radius 3 is 1.95 bits per heavy atom. The lowest BCUT2D eigenvalue weighted by atomic mass is 9.95. The molecule has 0 bridgehead atoms. The molecule has 0 spiro atoms. The Balaban J connectivity index is 1.47. The Labute approximate surface area is 236 Å². The Morgan fingerprint density at radius 1 is 0.537 bits per heavy atom. The van der Waals surface area contributed by atoms with E-state index in [-0.39, 0.29) is 0 Å². The van der Waals surface area contributed by atoms with Gasteiger partial charge >= 0.3 is 0 Å². The number of fused-ring (bicyclic) bond motifs is 2. The molecule has 0 N–H and O–H groups in total. The maximum atomic E-state index is 6.12. The molecule has 0 atom stereocenters. The van der Waals surface area contributed by atoms with Gasteiger partial charge in [-0.3, -0.25) is 4.57 Å². The molecular weight excluding hydrogens is 504 g/mol. The van der Waals surface area contributed by atoms with Crippen LogP contribution >= 0.6 is 0 Å². The fourth-order valence-electron chi connectivity index (χ4n) is 5.73. The van der Waals surface area contributed by atoms with E-state index in [0.717, 1.165) is 72.5 Å². The lowest BCUT2D eigenvalue weighted by Crippen LogP contribution is -2.03. The molecule has 4 nitrogen and oxygen atoms in total. The zero-order valence-corrected chi connectivity index (χ0v) is 22.1. The van der Waals surface area contributed by atoms with Gasteiger partial charge in [0.15, 0.2) is 0 Å². The molecule has 0 amide bonds. The van der Waals surface area contributed by atoms with Crippen LogP contribution in [0.15, 0.2) is 155 Å². The minimum Gasteiger partial charge on any atom is -0.472 e. The number of furan rings is 2. The van der Waals surface area contributed by atoms with Gasteiger partial charge in [0.05, 0.1) is 34.8 Å². The van der Waals surface area contributed by atoms with Crippen LogP contribution in [0.2, 0.25) is 0 Å². The van der Waals surface area contributed by atoms with Crippen molar-refractivity contribution in [2.45, 2.75) is 0 Å². The van der Waals surface area contributed by atoms with Gasteiger partial charge < -0.3 is 8.83 Å². The Morgan fingerprint density at radius 2 is 1.24 bits per heavy atom. The third-order valence-electron chi connectivity index (χ3n) is 7.66. The van der Waals surface area contributed by atoms with E-state index in [1.165, 1.54) is 0 Å². The molecule has 5 aromatic carbocycles. The summed E-state index contributed by atoms with van der Waals surface area (Å²) < 4.78 is 13.8. The highest BCUT2D eigenvalue weighted by molar-refractivity contribution is 5.99. The first-order valence-corrected chi connectivity index (χ1v) is 13.6. The molecule has 0 saturated carbocycles. The van der Waals surface area contributed by atoms with E-state index in [9.17, 15) is 0 Å². The maximum absolute atomic E-state index is 6.12. The molecule has 8 aromatic rings. The van der Waals surface area contributed by atoms with E-state index in [4.69, 9.17) is 13.8 Å². The largest absolute Gasteiger partial charge is 0.472 e. The highest BCUT2D eigenvalue weighted by Gasteiger charge is 2.23. The molecule has 0 fully saturated rings. The quantitative estimate of drug-likeness (QED) is 0.223. The first kappa shape index (κ1) is 23.3. The molecule has 194 valence electrons. The fraction of sp³-hybridized carbons (Fsp3) is 0.